The monoisotopic (exact) mass is 307 g/mol. The van der Waals surface area contributed by atoms with Gasteiger partial charge in [-0.1, -0.05) is 24.3 Å². The molecule has 5 nitrogen and oxygen atoms in total. The van der Waals surface area contributed by atoms with Crippen LogP contribution >= 0.6 is 0 Å². The summed E-state index contributed by atoms with van der Waals surface area (Å²) in [6, 6.07) is 16.0. The number of amides is 1. The van der Waals surface area contributed by atoms with Gasteiger partial charge in [-0.05, 0) is 31.2 Å². The Kier molecular flexibility index (Phi) is 5.48. The van der Waals surface area contributed by atoms with Crippen LogP contribution in [0.25, 0.3) is 0 Å². The van der Waals surface area contributed by atoms with Gasteiger partial charge in [-0.15, -0.1) is 0 Å². The largest absolute Gasteiger partial charge is 0.385 e. The van der Waals surface area contributed by atoms with E-state index in [0.29, 0.717) is 23.4 Å². The van der Waals surface area contributed by atoms with Crippen molar-refractivity contribution in [3.05, 3.63) is 59.7 Å². The van der Waals surface area contributed by atoms with Gasteiger partial charge in [0.1, 0.15) is 6.07 Å². The number of rotatable bonds is 6. The van der Waals surface area contributed by atoms with Gasteiger partial charge in [0.15, 0.2) is 5.78 Å². The Morgan fingerprint density at radius 2 is 1.91 bits per heavy atom. The van der Waals surface area contributed by atoms with Gasteiger partial charge in [0.25, 0.3) is 0 Å². The fourth-order valence-electron chi connectivity index (χ4n) is 2.07. The van der Waals surface area contributed by atoms with Crippen LogP contribution in [-0.2, 0) is 4.79 Å². The summed E-state index contributed by atoms with van der Waals surface area (Å²) in [5.74, 6) is -0.178. The molecule has 23 heavy (non-hydrogen) atoms. The van der Waals surface area contributed by atoms with Gasteiger partial charge in [0.05, 0.1) is 11.3 Å². The topological polar surface area (TPSA) is 82.0 Å². The summed E-state index contributed by atoms with van der Waals surface area (Å²) >= 11 is 0. The molecule has 0 radical (unpaired) electrons. The molecule has 0 atom stereocenters. The van der Waals surface area contributed by atoms with Crippen molar-refractivity contribution in [3.8, 4) is 6.07 Å². The van der Waals surface area contributed by atoms with Crippen LogP contribution in [0, 0.1) is 11.3 Å². The van der Waals surface area contributed by atoms with Crippen molar-refractivity contribution >= 4 is 23.1 Å². The highest BCUT2D eigenvalue weighted by molar-refractivity contribution is 5.95. The van der Waals surface area contributed by atoms with E-state index < -0.39 is 0 Å². The average Bonchev–Trinajstić information content (AvgIpc) is 2.55. The third kappa shape index (κ3) is 4.68. The van der Waals surface area contributed by atoms with Gasteiger partial charge < -0.3 is 10.6 Å². The van der Waals surface area contributed by atoms with E-state index in [1.807, 2.05) is 12.1 Å². The molecule has 0 saturated heterocycles. The highest BCUT2D eigenvalue weighted by Gasteiger charge is 2.06. The van der Waals surface area contributed by atoms with Crippen LogP contribution in [0.15, 0.2) is 48.5 Å². The molecule has 0 aliphatic rings. The van der Waals surface area contributed by atoms with Crippen molar-refractivity contribution in [3.63, 3.8) is 0 Å². The molecule has 0 unspecified atom stereocenters. The second kappa shape index (κ2) is 7.76. The molecule has 0 saturated carbocycles. The lowest BCUT2D eigenvalue weighted by Crippen LogP contribution is -2.17. The molecule has 2 aromatic carbocycles. The van der Waals surface area contributed by atoms with Crippen molar-refractivity contribution in [1.82, 2.24) is 0 Å². The number of hydrogen-bond acceptors (Lipinski definition) is 4. The first-order valence-electron chi connectivity index (χ1n) is 7.24. The first-order valence-corrected chi connectivity index (χ1v) is 7.24. The highest BCUT2D eigenvalue weighted by Crippen LogP contribution is 2.14. The molecule has 2 N–H and O–H groups in total. The van der Waals surface area contributed by atoms with Crippen LogP contribution in [0.1, 0.15) is 29.3 Å². The van der Waals surface area contributed by atoms with E-state index in [0.717, 1.165) is 5.69 Å². The summed E-state index contributed by atoms with van der Waals surface area (Å²) < 4.78 is 0. The molecular weight excluding hydrogens is 290 g/mol. The van der Waals surface area contributed by atoms with Crippen molar-refractivity contribution < 1.29 is 9.59 Å². The molecule has 1 amide bonds. The second-order valence-electron chi connectivity index (χ2n) is 5.02. The van der Waals surface area contributed by atoms with Gasteiger partial charge in [0, 0.05) is 24.2 Å². The van der Waals surface area contributed by atoms with E-state index in [-0.39, 0.29) is 18.1 Å². The number of nitrogens with zero attached hydrogens (tertiary/aromatic N) is 1. The van der Waals surface area contributed by atoms with Crippen molar-refractivity contribution in [2.75, 3.05) is 17.2 Å². The van der Waals surface area contributed by atoms with Crippen LogP contribution in [0.4, 0.5) is 11.4 Å². The lowest BCUT2D eigenvalue weighted by atomic mass is 10.1. The van der Waals surface area contributed by atoms with Crippen LogP contribution in [0.3, 0.4) is 0 Å². The Labute approximate surface area is 134 Å². The number of Topliss-reactive ketones (excluding diaryl/α,β-unsaturated/α-hetero) is 1. The first-order chi connectivity index (χ1) is 11.1. The minimum atomic E-state index is -0.178. The molecule has 0 spiro atoms. The Morgan fingerprint density at radius 1 is 1.13 bits per heavy atom. The maximum Gasteiger partial charge on any atom is 0.226 e. The minimum Gasteiger partial charge on any atom is -0.385 e. The number of nitrogens with one attached hydrogen (secondary N) is 2. The Bertz CT molecular complexity index is 763. The van der Waals surface area contributed by atoms with Gasteiger partial charge >= 0.3 is 0 Å². The maximum absolute atomic E-state index is 11.9. The third-order valence-electron chi connectivity index (χ3n) is 3.27. The number of ketones is 1. The molecule has 0 aromatic heterocycles. The summed E-state index contributed by atoms with van der Waals surface area (Å²) in [7, 11) is 0. The lowest BCUT2D eigenvalue weighted by molar-refractivity contribution is -0.115. The van der Waals surface area contributed by atoms with Gasteiger partial charge in [-0.2, -0.15) is 5.26 Å². The average molecular weight is 307 g/mol. The minimum absolute atomic E-state index is 0.000460. The summed E-state index contributed by atoms with van der Waals surface area (Å²) in [4.78, 5) is 23.3. The van der Waals surface area contributed by atoms with Crippen LogP contribution < -0.4 is 10.6 Å². The Balaban J connectivity index is 1.87. The fraction of sp³-hybridized carbons (Fsp3) is 0.167. The van der Waals surface area contributed by atoms with Crippen molar-refractivity contribution in [1.29, 1.82) is 5.26 Å². The molecule has 0 bridgehead atoms. The quantitative estimate of drug-likeness (QED) is 0.803. The molecule has 0 aliphatic heterocycles. The Morgan fingerprint density at radius 3 is 2.65 bits per heavy atom. The third-order valence-corrected chi connectivity index (χ3v) is 3.27. The molecule has 0 heterocycles. The summed E-state index contributed by atoms with van der Waals surface area (Å²) in [5, 5.41) is 14.8. The van der Waals surface area contributed by atoms with E-state index in [9.17, 15) is 9.59 Å². The van der Waals surface area contributed by atoms with Crippen molar-refractivity contribution in [2.45, 2.75) is 13.3 Å². The number of carbonyl (C=O) groups is 2. The zero-order valence-corrected chi connectivity index (χ0v) is 12.8. The number of benzene rings is 2. The van der Waals surface area contributed by atoms with E-state index in [1.165, 1.54) is 6.92 Å². The normalized spacial score (nSPS) is 9.74. The number of carbonyl (C=O) groups excluding carboxylic acids is 2. The fourth-order valence-corrected chi connectivity index (χ4v) is 2.07. The standard InChI is InChI=1S/C18H17N3O2/c1-13(22)14-6-4-7-16(11-14)20-10-9-18(23)21-17-8-3-2-5-15(17)12-19/h2-8,11,20H,9-10H2,1H3,(H,21,23). The number of para-hydroxylation sites is 1. The smallest absolute Gasteiger partial charge is 0.226 e. The van der Waals surface area contributed by atoms with Crippen molar-refractivity contribution in [2.24, 2.45) is 0 Å². The van der Waals surface area contributed by atoms with E-state index in [1.54, 1.807) is 42.5 Å². The van der Waals surface area contributed by atoms with E-state index in [2.05, 4.69) is 10.6 Å². The number of nitriles is 1. The first kappa shape index (κ1) is 16.2. The molecule has 0 aliphatic carbocycles. The van der Waals surface area contributed by atoms with Gasteiger partial charge in [0.2, 0.25) is 5.91 Å². The van der Waals surface area contributed by atoms with Crippen LogP contribution in [0.2, 0.25) is 0 Å². The van der Waals surface area contributed by atoms with E-state index >= 15 is 0 Å². The predicted octanol–water partition coefficient (Wildman–Crippen LogP) is 3.20. The zero-order chi connectivity index (χ0) is 16.7. The molecule has 116 valence electrons. The maximum atomic E-state index is 11.9. The highest BCUT2D eigenvalue weighted by atomic mass is 16.1. The van der Waals surface area contributed by atoms with Crippen LogP contribution in [0.5, 0.6) is 0 Å². The molecular formula is C18H17N3O2. The summed E-state index contributed by atoms with van der Waals surface area (Å²) in [6.45, 7) is 1.95. The molecule has 0 fully saturated rings. The number of hydrogen-bond donors (Lipinski definition) is 2. The van der Waals surface area contributed by atoms with Gasteiger partial charge in [-0.3, -0.25) is 9.59 Å². The lowest BCUT2D eigenvalue weighted by Gasteiger charge is -2.09. The van der Waals surface area contributed by atoms with Gasteiger partial charge in [-0.25, -0.2) is 0 Å². The SMILES string of the molecule is CC(=O)c1cccc(NCCC(=O)Nc2ccccc2C#N)c1. The predicted molar refractivity (Wildman–Crippen MR) is 89.3 cm³/mol. The zero-order valence-electron chi connectivity index (χ0n) is 12.8. The molecule has 2 aromatic rings. The summed E-state index contributed by atoms with van der Waals surface area (Å²) in [6.07, 6.45) is 0.254. The van der Waals surface area contributed by atoms with E-state index in [4.69, 9.17) is 5.26 Å². The summed E-state index contributed by atoms with van der Waals surface area (Å²) in [5.41, 5.74) is 2.37. The molecule has 2 rings (SSSR count). The number of anilines is 2. The molecule has 5 heteroatoms. The Hall–Kier alpha value is -3.13. The second-order valence-corrected chi connectivity index (χ2v) is 5.02. The van der Waals surface area contributed by atoms with Crippen LogP contribution in [-0.4, -0.2) is 18.2 Å².